The van der Waals surface area contributed by atoms with Crippen molar-refractivity contribution < 1.29 is 29.7 Å². The summed E-state index contributed by atoms with van der Waals surface area (Å²) in [6, 6.07) is -0.587. The Balaban J connectivity index is 2.01. The minimum atomic E-state index is -1.25. The van der Waals surface area contributed by atoms with E-state index >= 15 is 0 Å². The molecular formula is C12H18N2O6. The van der Waals surface area contributed by atoms with Crippen LogP contribution in [0.15, 0.2) is 0 Å². The molecule has 2 amide bonds. The zero-order valence-electron chi connectivity index (χ0n) is 10.9. The summed E-state index contributed by atoms with van der Waals surface area (Å²) in [7, 11) is 0. The van der Waals surface area contributed by atoms with Crippen molar-refractivity contribution in [3.8, 4) is 0 Å². The molecule has 0 radical (unpaired) electrons. The van der Waals surface area contributed by atoms with E-state index in [0.717, 1.165) is 17.7 Å². The van der Waals surface area contributed by atoms with Gasteiger partial charge in [-0.15, -0.1) is 0 Å². The van der Waals surface area contributed by atoms with Crippen LogP contribution in [0.3, 0.4) is 0 Å². The molecule has 20 heavy (non-hydrogen) atoms. The van der Waals surface area contributed by atoms with Crippen LogP contribution in [0.1, 0.15) is 12.8 Å². The minimum Gasteiger partial charge on any atom is -0.480 e. The maximum absolute atomic E-state index is 12.2. The summed E-state index contributed by atoms with van der Waals surface area (Å²) in [5, 5.41) is 27.3. The normalized spacial score (nSPS) is 28.2. The van der Waals surface area contributed by atoms with E-state index in [1.165, 1.54) is 4.90 Å². The maximum atomic E-state index is 12.2. The van der Waals surface area contributed by atoms with Gasteiger partial charge in [0.15, 0.2) is 0 Å². The number of carbonyl (C=O) groups is 3. The van der Waals surface area contributed by atoms with Gasteiger partial charge in [-0.05, 0) is 18.8 Å². The number of hydrogen-bond acceptors (Lipinski definition) is 4. The molecule has 0 aromatic heterocycles. The maximum Gasteiger partial charge on any atom is 0.323 e. The molecule has 0 bridgehead atoms. The van der Waals surface area contributed by atoms with Crippen LogP contribution in [0, 0.1) is 11.8 Å². The summed E-state index contributed by atoms with van der Waals surface area (Å²) in [4.78, 5) is 35.9. The number of aliphatic hydroxyl groups is 1. The van der Waals surface area contributed by atoms with Gasteiger partial charge in [0.05, 0.1) is 6.10 Å². The summed E-state index contributed by atoms with van der Waals surface area (Å²) in [6.07, 6.45) is 1.14. The lowest BCUT2D eigenvalue weighted by Gasteiger charge is -2.26. The van der Waals surface area contributed by atoms with E-state index in [-0.39, 0.29) is 11.8 Å². The second kappa shape index (κ2) is 5.66. The van der Waals surface area contributed by atoms with Gasteiger partial charge in [-0.2, -0.15) is 0 Å². The predicted octanol–water partition coefficient (Wildman–Crippen LogP) is -0.720. The monoisotopic (exact) mass is 286 g/mol. The third-order valence-electron chi connectivity index (χ3n) is 4.01. The van der Waals surface area contributed by atoms with Crippen molar-refractivity contribution in [2.24, 2.45) is 11.8 Å². The third kappa shape index (κ3) is 3.01. The fourth-order valence-electron chi connectivity index (χ4n) is 3.11. The van der Waals surface area contributed by atoms with Crippen molar-refractivity contribution in [1.82, 2.24) is 9.80 Å². The number of nitrogens with zero attached hydrogens (tertiary/aromatic N) is 2. The van der Waals surface area contributed by atoms with Gasteiger partial charge in [0, 0.05) is 19.0 Å². The first kappa shape index (κ1) is 14.6. The standard InChI is InChI=1S/C12H18N2O6/c15-9-2-1-7-3-13(4-8(7)9)12(20)14(5-10(16)17)6-11(18)19/h7-9,15H,1-6H2,(H,16,17)(H,18,19). The highest BCUT2D eigenvalue weighted by atomic mass is 16.4. The van der Waals surface area contributed by atoms with Crippen LogP contribution in [-0.4, -0.2) is 75.4 Å². The first-order valence-corrected chi connectivity index (χ1v) is 6.54. The van der Waals surface area contributed by atoms with Gasteiger partial charge >= 0.3 is 18.0 Å². The van der Waals surface area contributed by atoms with Crippen LogP contribution >= 0.6 is 0 Å². The molecule has 1 heterocycles. The highest BCUT2D eigenvalue weighted by molar-refractivity contribution is 5.84. The first-order chi connectivity index (χ1) is 9.38. The molecule has 0 aromatic carbocycles. The van der Waals surface area contributed by atoms with Crippen LogP contribution in [-0.2, 0) is 9.59 Å². The van der Waals surface area contributed by atoms with Gasteiger partial charge in [-0.3, -0.25) is 9.59 Å². The fourth-order valence-corrected chi connectivity index (χ4v) is 3.11. The lowest BCUT2D eigenvalue weighted by atomic mass is 10.00. The molecule has 1 saturated heterocycles. The van der Waals surface area contributed by atoms with E-state index < -0.39 is 37.2 Å². The van der Waals surface area contributed by atoms with E-state index in [1.807, 2.05) is 0 Å². The number of amides is 2. The molecule has 1 aliphatic carbocycles. The SMILES string of the molecule is O=C(O)CN(CC(=O)O)C(=O)N1CC2CCC(O)C2C1. The van der Waals surface area contributed by atoms with Gasteiger partial charge in [-0.1, -0.05) is 0 Å². The molecule has 0 aromatic rings. The van der Waals surface area contributed by atoms with Gasteiger partial charge in [0.1, 0.15) is 13.1 Å². The number of aliphatic hydroxyl groups excluding tert-OH is 1. The number of aliphatic carboxylic acids is 2. The number of carboxylic acids is 2. The Bertz CT molecular complexity index is 410. The quantitative estimate of drug-likeness (QED) is 0.627. The lowest BCUT2D eigenvalue weighted by molar-refractivity contribution is -0.140. The molecule has 2 fully saturated rings. The smallest absolute Gasteiger partial charge is 0.323 e. The lowest BCUT2D eigenvalue weighted by Crippen LogP contribution is -2.47. The van der Waals surface area contributed by atoms with Gasteiger partial charge in [0.2, 0.25) is 0 Å². The molecule has 8 nitrogen and oxygen atoms in total. The molecule has 3 unspecified atom stereocenters. The van der Waals surface area contributed by atoms with E-state index in [1.54, 1.807) is 0 Å². The number of likely N-dealkylation sites (tertiary alicyclic amines) is 1. The van der Waals surface area contributed by atoms with Crippen molar-refractivity contribution in [1.29, 1.82) is 0 Å². The van der Waals surface area contributed by atoms with Gasteiger partial charge in [-0.25, -0.2) is 4.79 Å². The zero-order chi connectivity index (χ0) is 14.9. The van der Waals surface area contributed by atoms with Crippen molar-refractivity contribution in [3.05, 3.63) is 0 Å². The van der Waals surface area contributed by atoms with Crippen LogP contribution in [0.5, 0.6) is 0 Å². The predicted molar refractivity (Wildman–Crippen MR) is 66.0 cm³/mol. The van der Waals surface area contributed by atoms with Gasteiger partial charge in [0.25, 0.3) is 0 Å². The summed E-state index contributed by atoms with van der Waals surface area (Å²) >= 11 is 0. The number of rotatable bonds is 4. The summed E-state index contributed by atoms with van der Waals surface area (Å²) in [5.41, 5.74) is 0. The van der Waals surface area contributed by atoms with Gasteiger partial charge < -0.3 is 25.1 Å². The van der Waals surface area contributed by atoms with Crippen LogP contribution < -0.4 is 0 Å². The Hall–Kier alpha value is -1.83. The molecular weight excluding hydrogens is 268 g/mol. The van der Waals surface area contributed by atoms with Crippen molar-refractivity contribution in [3.63, 3.8) is 0 Å². The van der Waals surface area contributed by atoms with Crippen LogP contribution in [0.25, 0.3) is 0 Å². The van der Waals surface area contributed by atoms with E-state index in [4.69, 9.17) is 10.2 Å². The second-order valence-electron chi connectivity index (χ2n) is 5.40. The van der Waals surface area contributed by atoms with E-state index in [9.17, 15) is 19.5 Å². The molecule has 3 atom stereocenters. The van der Waals surface area contributed by atoms with E-state index in [0.29, 0.717) is 13.1 Å². The first-order valence-electron chi connectivity index (χ1n) is 6.54. The minimum absolute atomic E-state index is 0.0236. The van der Waals surface area contributed by atoms with Crippen molar-refractivity contribution in [2.75, 3.05) is 26.2 Å². The Kier molecular flexibility index (Phi) is 4.12. The summed E-state index contributed by atoms with van der Waals surface area (Å²) < 4.78 is 0. The second-order valence-corrected chi connectivity index (χ2v) is 5.40. The highest BCUT2D eigenvalue weighted by Gasteiger charge is 2.44. The molecule has 8 heteroatoms. The highest BCUT2D eigenvalue weighted by Crippen LogP contribution is 2.38. The largest absolute Gasteiger partial charge is 0.480 e. The number of fused-ring (bicyclic) bond motifs is 1. The Morgan fingerprint density at radius 2 is 1.65 bits per heavy atom. The average Bonchev–Trinajstić information content (AvgIpc) is 2.89. The molecule has 0 spiro atoms. The van der Waals surface area contributed by atoms with Crippen LogP contribution in [0.4, 0.5) is 4.79 Å². The third-order valence-corrected chi connectivity index (χ3v) is 4.01. The number of hydrogen-bond donors (Lipinski definition) is 3. The summed E-state index contributed by atoms with van der Waals surface area (Å²) in [5.74, 6) is -2.25. The van der Waals surface area contributed by atoms with E-state index in [2.05, 4.69) is 0 Å². The molecule has 2 aliphatic rings. The number of urea groups is 1. The number of carboxylic acid groups (broad SMARTS) is 2. The zero-order valence-corrected chi connectivity index (χ0v) is 10.9. The fraction of sp³-hybridized carbons (Fsp3) is 0.750. The molecule has 1 saturated carbocycles. The average molecular weight is 286 g/mol. The van der Waals surface area contributed by atoms with Crippen molar-refractivity contribution in [2.45, 2.75) is 18.9 Å². The Labute approximate surface area is 115 Å². The topological polar surface area (TPSA) is 118 Å². The summed E-state index contributed by atoms with van der Waals surface area (Å²) in [6.45, 7) is -0.463. The molecule has 3 N–H and O–H groups in total. The van der Waals surface area contributed by atoms with Crippen LogP contribution in [0.2, 0.25) is 0 Å². The number of carbonyl (C=O) groups excluding carboxylic acids is 1. The Morgan fingerprint density at radius 1 is 1.05 bits per heavy atom. The Morgan fingerprint density at radius 3 is 2.15 bits per heavy atom. The molecule has 2 rings (SSSR count). The van der Waals surface area contributed by atoms with Crippen molar-refractivity contribution >= 4 is 18.0 Å². The molecule has 112 valence electrons. The molecule has 1 aliphatic heterocycles.